The van der Waals surface area contributed by atoms with Crippen LogP contribution in [0.2, 0.25) is 0 Å². The Bertz CT molecular complexity index is 428. The fourth-order valence-corrected chi connectivity index (χ4v) is 6.86. The second kappa shape index (κ2) is 40.0. The number of hydrogen-bond donors (Lipinski definition) is 0. The lowest BCUT2D eigenvalue weighted by Crippen LogP contribution is -2.27. The molecule has 0 saturated carbocycles. The molecule has 1 heteroatoms. The highest BCUT2D eigenvalue weighted by Crippen LogP contribution is 2.16. The van der Waals surface area contributed by atoms with Crippen LogP contribution >= 0.6 is 0 Å². The highest BCUT2D eigenvalue weighted by Gasteiger charge is 2.05. The van der Waals surface area contributed by atoms with Gasteiger partial charge in [0.25, 0.3) is 0 Å². The van der Waals surface area contributed by atoms with E-state index in [0.29, 0.717) is 0 Å². The Hall–Kier alpha value is -0.0400. The molecule has 1 nitrogen and oxygen atoms in total. The van der Waals surface area contributed by atoms with Crippen LogP contribution in [0, 0.1) is 0 Å². The minimum absolute atomic E-state index is 1.37. The van der Waals surface area contributed by atoms with Crippen molar-refractivity contribution >= 4 is 0 Å². The Morgan fingerprint density at radius 3 is 0.488 bits per heavy atom. The maximum atomic E-state index is 2.86. The first-order valence-electron chi connectivity index (χ1n) is 21.1. The maximum absolute atomic E-state index is 2.86. The van der Waals surface area contributed by atoms with Crippen LogP contribution in [-0.2, 0) is 0 Å². The van der Waals surface area contributed by atoms with E-state index in [1.54, 1.807) is 0 Å². The minimum Gasteiger partial charge on any atom is -0.303 e. The van der Waals surface area contributed by atoms with Gasteiger partial charge in [0.05, 0.1) is 0 Å². The van der Waals surface area contributed by atoms with E-state index in [-0.39, 0.29) is 0 Å². The molecule has 0 aliphatic heterocycles. The van der Waals surface area contributed by atoms with Crippen molar-refractivity contribution in [2.24, 2.45) is 0 Å². The van der Waals surface area contributed by atoms with Gasteiger partial charge >= 0.3 is 0 Å². The number of rotatable bonds is 39. The van der Waals surface area contributed by atoms with Gasteiger partial charge in [-0.1, -0.05) is 233 Å². The zero-order valence-electron chi connectivity index (χ0n) is 31.0. The summed E-state index contributed by atoms with van der Waals surface area (Å²) in [6.07, 6.45) is 52.6. The van der Waals surface area contributed by atoms with Gasteiger partial charge in [-0.3, -0.25) is 0 Å². The first-order valence-corrected chi connectivity index (χ1v) is 21.1. The molecule has 0 atom stereocenters. The van der Waals surface area contributed by atoms with E-state index in [9.17, 15) is 0 Å². The Morgan fingerprint density at radius 2 is 0.326 bits per heavy atom. The third kappa shape index (κ3) is 38.1. The molecule has 260 valence electrons. The number of unbranched alkanes of at least 4 members (excludes halogenated alkanes) is 33. The van der Waals surface area contributed by atoms with Gasteiger partial charge in [0, 0.05) is 0 Å². The van der Waals surface area contributed by atoms with Gasteiger partial charge in [-0.25, -0.2) is 0 Å². The molecule has 0 aliphatic carbocycles. The summed E-state index contributed by atoms with van der Waals surface area (Å²) in [6, 6.07) is 0. The van der Waals surface area contributed by atoms with Crippen molar-refractivity contribution < 1.29 is 0 Å². The van der Waals surface area contributed by atoms with Crippen LogP contribution in [0.1, 0.15) is 252 Å². The van der Waals surface area contributed by atoms with Gasteiger partial charge in [-0.2, -0.15) is 0 Å². The van der Waals surface area contributed by atoms with Crippen molar-refractivity contribution in [1.29, 1.82) is 0 Å². The molecule has 43 heavy (non-hydrogen) atoms. The van der Waals surface area contributed by atoms with Crippen molar-refractivity contribution in [2.75, 3.05) is 19.6 Å². The second-order valence-corrected chi connectivity index (χ2v) is 14.5. The van der Waals surface area contributed by atoms with E-state index in [0.717, 1.165) is 0 Å². The van der Waals surface area contributed by atoms with Crippen LogP contribution in [0.15, 0.2) is 0 Å². The molecule has 0 aromatic rings. The average molecular weight is 606 g/mol. The molecule has 0 spiro atoms. The maximum Gasteiger partial charge on any atom is -0.00187 e. The molecule has 0 aromatic heterocycles. The van der Waals surface area contributed by atoms with E-state index in [1.807, 2.05) is 0 Å². The first-order chi connectivity index (χ1) is 21.3. The summed E-state index contributed by atoms with van der Waals surface area (Å²) in [6.45, 7) is 11.1. The summed E-state index contributed by atoms with van der Waals surface area (Å²) in [5, 5.41) is 0. The van der Waals surface area contributed by atoms with Crippen molar-refractivity contribution in [3.63, 3.8) is 0 Å². The molecular formula is C42H87N. The summed E-state index contributed by atoms with van der Waals surface area (Å²) >= 11 is 0. The normalized spacial score (nSPS) is 11.7. The fraction of sp³-hybridized carbons (Fsp3) is 1.00. The third-order valence-corrected chi connectivity index (χ3v) is 9.98. The largest absolute Gasteiger partial charge is 0.303 e. The Kier molecular flexibility index (Phi) is 39.9. The predicted molar refractivity (Wildman–Crippen MR) is 200 cm³/mol. The summed E-state index contributed by atoms with van der Waals surface area (Å²) in [5.74, 6) is 0. The Morgan fingerprint density at radius 1 is 0.186 bits per heavy atom. The molecule has 0 unspecified atom stereocenters. The van der Waals surface area contributed by atoms with E-state index in [1.165, 1.54) is 251 Å². The van der Waals surface area contributed by atoms with Gasteiger partial charge in [0.2, 0.25) is 0 Å². The van der Waals surface area contributed by atoms with Gasteiger partial charge in [0.15, 0.2) is 0 Å². The summed E-state index contributed by atoms with van der Waals surface area (Å²) in [5.41, 5.74) is 0. The average Bonchev–Trinajstić information content (AvgIpc) is 3.02. The molecule has 0 saturated heterocycles. The third-order valence-electron chi connectivity index (χ3n) is 9.98. The highest BCUT2D eigenvalue weighted by molar-refractivity contribution is 4.61. The molecule has 0 N–H and O–H groups in total. The molecular weight excluding hydrogens is 518 g/mol. The monoisotopic (exact) mass is 606 g/mol. The van der Waals surface area contributed by atoms with E-state index in [4.69, 9.17) is 0 Å². The van der Waals surface area contributed by atoms with Crippen molar-refractivity contribution in [1.82, 2.24) is 4.90 Å². The lowest BCUT2D eigenvalue weighted by Gasteiger charge is -2.22. The number of nitrogens with zero attached hydrogens (tertiary/aromatic N) is 1. The van der Waals surface area contributed by atoms with Gasteiger partial charge in [-0.15, -0.1) is 0 Å². The van der Waals surface area contributed by atoms with E-state index >= 15 is 0 Å². The Labute approximate surface area is 275 Å². The van der Waals surface area contributed by atoms with Crippen molar-refractivity contribution in [3.8, 4) is 0 Å². The smallest absolute Gasteiger partial charge is 0.00187 e. The zero-order chi connectivity index (χ0) is 31.2. The minimum atomic E-state index is 1.37. The van der Waals surface area contributed by atoms with Crippen LogP contribution in [0.4, 0.5) is 0 Å². The molecule has 0 radical (unpaired) electrons. The molecule has 0 bridgehead atoms. The summed E-state index contributed by atoms with van der Waals surface area (Å²) in [4.78, 5) is 2.86. The van der Waals surface area contributed by atoms with Crippen molar-refractivity contribution in [3.05, 3.63) is 0 Å². The Balaban J connectivity index is 3.82. The summed E-state index contributed by atoms with van der Waals surface area (Å²) in [7, 11) is 0. The molecule has 0 fully saturated rings. The highest BCUT2D eigenvalue weighted by atomic mass is 15.1. The zero-order valence-corrected chi connectivity index (χ0v) is 31.0. The lowest BCUT2D eigenvalue weighted by molar-refractivity contribution is 0.254. The molecule has 0 heterocycles. The van der Waals surface area contributed by atoms with Gasteiger partial charge < -0.3 is 4.90 Å². The van der Waals surface area contributed by atoms with Crippen LogP contribution in [-0.4, -0.2) is 24.5 Å². The van der Waals surface area contributed by atoms with E-state index < -0.39 is 0 Å². The standard InChI is InChI=1S/C42H87N/c1-4-7-10-13-16-19-21-23-25-27-29-32-35-38-41-43(40-37-34-31-18-15-12-9-6-3)42-39-36-33-30-28-26-24-22-20-17-14-11-8-5-2/h4-42H2,1-3H3. The van der Waals surface area contributed by atoms with Crippen LogP contribution in [0.25, 0.3) is 0 Å². The van der Waals surface area contributed by atoms with Gasteiger partial charge in [-0.05, 0) is 38.9 Å². The number of hydrogen-bond acceptors (Lipinski definition) is 1. The molecule has 0 aliphatic rings. The van der Waals surface area contributed by atoms with Crippen LogP contribution < -0.4 is 0 Å². The quantitative estimate of drug-likeness (QED) is 0.0630. The first kappa shape index (κ1) is 43.0. The molecule has 0 aromatic carbocycles. The SMILES string of the molecule is CCCCCCCCCCCCCCCCN(CCCCCCCCCC)CCCCCCCCCCCCCCCC. The summed E-state index contributed by atoms with van der Waals surface area (Å²) < 4.78 is 0. The van der Waals surface area contributed by atoms with Crippen LogP contribution in [0.5, 0.6) is 0 Å². The van der Waals surface area contributed by atoms with Crippen molar-refractivity contribution in [2.45, 2.75) is 252 Å². The van der Waals surface area contributed by atoms with E-state index in [2.05, 4.69) is 25.7 Å². The topological polar surface area (TPSA) is 3.24 Å². The fourth-order valence-electron chi connectivity index (χ4n) is 6.86. The predicted octanol–water partition coefficient (Wildman–Crippen LogP) is 15.4. The lowest BCUT2D eigenvalue weighted by atomic mass is 10.0. The van der Waals surface area contributed by atoms with Gasteiger partial charge in [0.1, 0.15) is 0 Å². The second-order valence-electron chi connectivity index (χ2n) is 14.5. The molecule has 0 amide bonds. The molecule has 0 rings (SSSR count). The van der Waals surface area contributed by atoms with Crippen LogP contribution in [0.3, 0.4) is 0 Å².